The molecule has 0 amide bonds. The minimum atomic E-state index is -0.0862. The Balaban J connectivity index is 4.31. The van der Waals surface area contributed by atoms with Gasteiger partial charge in [-0.15, -0.1) is 0 Å². The summed E-state index contributed by atoms with van der Waals surface area (Å²) in [5, 5.41) is 8.88. The second-order valence-corrected chi connectivity index (χ2v) is 8.36. The molecule has 1 N–H and O–H groups in total. The van der Waals surface area contributed by atoms with E-state index >= 15 is 0 Å². The van der Waals surface area contributed by atoms with Crippen LogP contribution in [0.5, 0.6) is 0 Å². The van der Waals surface area contributed by atoms with E-state index in [-0.39, 0.29) is 17.6 Å². The third-order valence-corrected chi connectivity index (χ3v) is 4.76. The zero-order valence-corrected chi connectivity index (χ0v) is 16.2. The Labute approximate surface area is 140 Å². The summed E-state index contributed by atoms with van der Waals surface area (Å²) < 4.78 is 6.20. The lowest BCUT2D eigenvalue weighted by Gasteiger charge is -2.43. The lowest BCUT2D eigenvalue weighted by molar-refractivity contribution is -0.0966. The maximum atomic E-state index is 8.88. The van der Waals surface area contributed by atoms with Gasteiger partial charge in [-0.3, -0.25) is 0 Å². The van der Waals surface area contributed by atoms with Gasteiger partial charge in [-0.2, -0.15) is 0 Å². The fourth-order valence-electron chi connectivity index (χ4n) is 3.60. The third kappa shape index (κ3) is 9.84. The molecule has 0 saturated carbocycles. The topological polar surface area (TPSA) is 29.5 Å². The molecule has 0 aromatic rings. The largest absolute Gasteiger partial charge is 0.396 e. The Morgan fingerprint density at radius 2 is 1.41 bits per heavy atom. The maximum Gasteiger partial charge on any atom is 0.0659 e. The van der Waals surface area contributed by atoms with Crippen LogP contribution >= 0.6 is 0 Å². The fourth-order valence-corrected chi connectivity index (χ4v) is 3.60. The highest BCUT2D eigenvalue weighted by molar-refractivity contribution is 4.88. The quantitative estimate of drug-likeness (QED) is 0.424. The standard InChI is InChI=1S/C20H42O2/c1-7-8-9-10-11-12-15-18(19(2,3)4)20(5,6)22-17-14-13-16-21/h18,21H,7-17H2,1-6H3. The Hall–Kier alpha value is -0.0800. The van der Waals surface area contributed by atoms with Gasteiger partial charge in [0.2, 0.25) is 0 Å². The fraction of sp³-hybridized carbons (Fsp3) is 1.00. The van der Waals surface area contributed by atoms with Gasteiger partial charge >= 0.3 is 0 Å². The lowest BCUT2D eigenvalue weighted by atomic mass is 9.69. The van der Waals surface area contributed by atoms with E-state index in [9.17, 15) is 0 Å². The number of ether oxygens (including phenoxy) is 1. The summed E-state index contributed by atoms with van der Waals surface area (Å²) in [7, 11) is 0. The minimum absolute atomic E-state index is 0.0862. The summed E-state index contributed by atoms with van der Waals surface area (Å²) in [4.78, 5) is 0. The third-order valence-electron chi connectivity index (χ3n) is 4.76. The molecular formula is C20H42O2. The van der Waals surface area contributed by atoms with Crippen molar-refractivity contribution in [1.29, 1.82) is 0 Å². The van der Waals surface area contributed by atoms with Crippen molar-refractivity contribution >= 4 is 0 Å². The van der Waals surface area contributed by atoms with Crippen molar-refractivity contribution in [2.75, 3.05) is 13.2 Å². The van der Waals surface area contributed by atoms with E-state index < -0.39 is 0 Å². The van der Waals surface area contributed by atoms with Crippen LogP contribution in [0.15, 0.2) is 0 Å². The Bertz CT molecular complexity index is 253. The van der Waals surface area contributed by atoms with Gasteiger partial charge in [0.15, 0.2) is 0 Å². The molecule has 1 atom stereocenters. The minimum Gasteiger partial charge on any atom is -0.396 e. The highest BCUT2D eigenvalue weighted by Gasteiger charge is 2.38. The van der Waals surface area contributed by atoms with Crippen molar-refractivity contribution in [3.63, 3.8) is 0 Å². The molecule has 1 unspecified atom stereocenters. The molecule has 0 rings (SSSR count). The van der Waals surface area contributed by atoms with E-state index in [1.165, 1.54) is 44.9 Å². The molecule has 0 spiro atoms. The molecule has 0 saturated heterocycles. The number of rotatable bonds is 13. The summed E-state index contributed by atoms with van der Waals surface area (Å²) in [5.41, 5.74) is 0.182. The van der Waals surface area contributed by atoms with Crippen molar-refractivity contribution in [2.24, 2.45) is 11.3 Å². The smallest absolute Gasteiger partial charge is 0.0659 e. The summed E-state index contributed by atoms with van der Waals surface area (Å²) in [5.74, 6) is 0.570. The van der Waals surface area contributed by atoms with Crippen LogP contribution in [-0.2, 0) is 4.74 Å². The van der Waals surface area contributed by atoms with Gasteiger partial charge in [0.1, 0.15) is 0 Å². The first-order valence-corrected chi connectivity index (χ1v) is 9.50. The molecular weight excluding hydrogens is 272 g/mol. The van der Waals surface area contributed by atoms with Crippen LogP contribution in [0.25, 0.3) is 0 Å². The molecule has 0 aromatic carbocycles. The predicted octanol–water partition coefficient (Wildman–Crippen LogP) is 5.97. The van der Waals surface area contributed by atoms with E-state index in [4.69, 9.17) is 9.84 Å². The van der Waals surface area contributed by atoms with Crippen LogP contribution in [0.3, 0.4) is 0 Å². The van der Waals surface area contributed by atoms with Gasteiger partial charge in [-0.25, -0.2) is 0 Å². The highest BCUT2D eigenvalue weighted by Crippen LogP contribution is 2.40. The monoisotopic (exact) mass is 314 g/mol. The second kappa shape index (κ2) is 11.5. The Morgan fingerprint density at radius 3 is 1.95 bits per heavy atom. The molecule has 0 bridgehead atoms. The Kier molecular flexibility index (Phi) is 11.4. The normalized spacial score (nSPS) is 14.3. The van der Waals surface area contributed by atoms with Crippen LogP contribution in [0.2, 0.25) is 0 Å². The van der Waals surface area contributed by atoms with Gasteiger partial charge in [0.25, 0.3) is 0 Å². The van der Waals surface area contributed by atoms with Gasteiger partial charge in [-0.1, -0.05) is 66.2 Å². The number of hydrogen-bond donors (Lipinski definition) is 1. The van der Waals surface area contributed by atoms with Crippen LogP contribution < -0.4 is 0 Å². The van der Waals surface area contributed by atoms with Crippen molar-refractivity contribution < 1.29 is 9.84 Å². The molecule has 0 fully saturated rings. The van der Waals surface area contributed by atoms with Gasteiger partial charge in [-0.05, 0) is 44.4 Å². The van der Waals surface area contributed by atoms with E-state index in [1.807, 2.05) is 0 Å². The first-order valence-electron chi connectivity index (χ1n) is 9.50. The van der Waals surface area contributed by atoms with Crippen LogP contribution in [0.4, 0.5) is 0 Å². The molecule has 0 aliphatic carbocycles. The molecule has 0 aromatic heterocycles. The lowest BCUT2D eigenvalue weighted by Crippen LogP contribution is -2.42. The molecule has 2 nitrogen and oxygen atoms in total. The number of aliphatic hydroxyl groups excluding tert-OH is 1. The van der Waals surface area contributed by atoms with Crippen molar-refractivity contribution in [1.82, 2.24) is 0 Å². The number of aliphatic hydroxyl groups is 1. The van der Waals surface area contributed by atoms with E-state index in [2.05, 4.69) is 41.5 Å². The SMILES string of the molecule is CCCCCCCCC(C(C)(C)C)C(C)(C)OCCCCO. The predicted molar refractivity (Wildman–Crippen MR) is 97.3 cm³/mol. The second-order valence-electron chi connectivity index (χ2n) is 8.36. The van der Waals surface area contributed by atoms with Crippen molar-refractivity contribution in [3.8, 4) is 0 Å². The zero-order chi connectivity index (χ0) is 17.1. The van der Waals surface area contributed by atoms with E-state index in [0.717, 1.165) is 19.4 Å². The average Bonchev–Trinajstić information content (AvgIpc) is 2.41. The maximum absolute atomic E-state index is 8.88. The van der Waals surface area contributed by atoms with Gasteiger partial charge < -0.3 is 9.84 Å². The summed E-state index contributed by atoms with van der Waals surface area (Å²) in [6.45, 7) is 14.8. The summed E-state index contributed by atoms with van der Waals surface area (Å²) >= 11 is 0. The number of hydrogen-bond acceptors (Lipinski definition) is 2. The van der Waals surface area contributed by atoms with Gasteiger partial charge in [0.05, 0.1) is 5.60 Å². The van der Waals surface area contributed by atoms with Gasteiger partial charge in [0, 0.05) is 13.2 Å². The molecule has 134 valence electrons. The molecule has 0 heterocycles. The summed E-state index contributed by atoms with van der Waals surface area (Å²) in [6, 6.07) is 0. The van der Waals surface area contributed by atoms with Crippen molar-refractivity contribution in [2.45, 2.75) is 105 Å². The van der Waals surface area contributed by atoms with Crippen molar-refractivity contribution in [3.05, 3.63) is 0 Å². The molecule has 0 aliphatic heterocycles. The molecule has 2 heteroatoms. The number of unbranched alkanes of at least 4 members (excludes halogenated alkanes) is 6. The molecule has 0 aliphatic rings. The molecule has 0 radical (unpaired) electrons. The highest BCUT2D eigenvalue weighted by atomic mass is 16.5. The first-order chi connectivity index (χ1) is 10.3. The van der Waals surface area contributed by atoms with Crippen LogP contribution in [0, 0.1) is 11.3 Å². The average molecular weight is 315 g/mol. The zero-order valence-electron chi connectivity index (χ0n) is 16.2. The first kappa shape index (κ1) is 21.9. The van der Waals surface area contributed by atoms with E-state index in [0.29, 0.717) is 5.92 Å². The molecule has 22 heavy (non-hydrogen) atoms. The summed E-state index contributed by atoms with van der Waals surface area (Å²) in [6.07, 6.45) is 11.2. The van der Waals surface area contributed by atoms with Crippen LogP contribution in [0.1, 0.15) is 99.3 Å². The van der Waals surface area contributed by atoms with E-state index in [1.54, 1.807) is 0 Å². The Morgan fingerprint density at radius 1 is 0.818 bits per heavy atom. The van der Waals surface area contributed by atoms with Crippen LogP contribution in [-0.4, -0.2) is 23.9 Å².